The summed E-state index contributed by atoms with van der Waals surface area (Å²) in [6, 6.07) is 22.7. The van der Waals surface area contributed by atoms with E-state index in [0.29, 0.717) is 11.5 Å². The van der Waals surface area contributed by atoms with Crippen molar-refractivity contribution in [2.45, 2.75) is 77.0 Å². The molecule has 0 radical (unpaired) electrons. The van der Waals surface area contributed by atoms with Gasteiger partial charge in [0.1, 0.15) is 23.0 Å². The minimum absolute atomic E-state index is 0.200. The van der Waals surface area contributed by atoms with Crippen molar-refractivity contribution in [3.63, 3.8) is 0 Å². The lowest BCUT2D eigenvalue weighted by atomic mass is 9.72. The normalized spacial score (nSPS) is 11.2. The third-order valence-electron chi connectivity index (χ3n) is 8.89. The van der Waals surface area contributed by atoms with Crippen LogP contribution < -0.4 is 9.47 Å². The lowest BCUT2D eigenvalue weighted by Crippen LogP contribution is -2.23. The molecule has 10 nitrogen and oxygen atoms in total. The topological polar surface area (TPSA) is 168 Å². The molecule has 0 unspecified atom stereocenters. The van der Waals surface area contributed by atoms with Crippen LogP contribution in [-0.4, -0.2) is 44.3 Å². The fourth-order valence-corrected chi connectivity index (χ4v) is 6.02. The smallest absolute Gasteiger partial charge is 0.336 e. The van der Waals surface area contributed by atoms with E-state index in [4.69, 9.17) is 9.47 Å². The Hall–Kier alpha value is -5.64. The first-order chi connectivity index (χ1) is 23.9. The van der Waals surface area contributed by atoms with Gasteiger partial charge >= 0.3 is 23.9 Å². The van der Waals surface area contributed by atoms with Crippen LogP contribution in [0.1, 0.15) is 124 Å². The van der Waals surface area contributed by atoms with Gasteiger partial charge in [-0.25, -0.2) is 19.2 Å². The van der Waals surface area contributed by atoms with Crippen LogP contribution in [0.25, 0.3) is 0 Å². The lowest BCUT2D eigenvalue weighted by molar-refractivity contribution is 0.0651. The summed E-state index contributed by atoms with van der Waals surface area (Å²) in [7, 11) is 0. The van der Waals surface area contributed by atoms with Crippen LogP contribution >= 0.6 is 0 Å². The molecule has 0 bridgehead atoms. The van der Waals surface area contributed by atoms with E-state index in [1.165, 1.54) is 68.5 Å². The number of carboxylic acids is 4. The molecule has 0 atom stereocenters. The highest BCUT2D eigenvalue weighted by molar-refractivity contribution is 6.02. The summed E-state index contributed by atoms with van der Waals surface area (Å²) in [4.78, 5) is 46.1. The Morgan fingerprint density at radius 2 is 0.820 bits per heavy atom. The molecule has 50 heavy (non-hydrogen) atoms. The van der Waals surface area contributed by atoms with E-state index >= 15 is 0 Å². The largest absolute Gasteiger partial charge is 0.478 e. The van der Waals surface area contributed by atoms with Crippen LogP contribution in [0.5, 0.6) is 23.0 Å². The number of rotatable bonds is 19. The second-order valence-electron chi connectivity index (χ2n) is 12.4. The van der Waals surface area contributed by atoms with E-state index in [2.05, 4.69) is 13.8 Å². The maximum atomic E-state index is 11.6. The third kappa shape index (κ3) is 9.49. The van der Waals surface area contributed by atoms with Crippen LogP contribution in [0, 0.1) is 0 Å². The summed E-state index contributed by atoms with van der Waals surface area (Å²) in [5.41, 5.74) is 0.281. The molecule has 0 heterocycles. The van der Waals surface area contributed by atoms with Crippen LogP contribution in [0.3, 0.4) is 0 Å². The van der Waals surface area contributed by atoms with Gasteiger partial charge in [0, 0.05) is 5.41 Å². The number of aromatic carboxylic acids is 4. The Morgan fingerprint density at radius 1 is 0.480 bits per heavy atom. The van der Waals surface area contributed by atoms with E-state index in [1.807, 2.05) is 24.3 Å². The Kier molecular flexibility index (Phi) is 12.8. The number of ether oxygens (including phenoxy) is 2. The van der Waals surface area contributed by atoms with Crippen molar-refractivity contribution in [2.24, 2.45) is 0 Å². The maximum Gasteiger partial charge on any atom is 0.336 e. The number of unbranched alkanes of at least 4 members (excludes halogenated alkanes) is 7. The summed E-state index contributed by atoms with van der Waals surface area (Å²) in [5, 5.41) is 37.6. The summed E-state index contributed by atoms with van der Waals surface area (Å²) in [6.45, 7) is 4.38. The van der Waals surface area contributed by atoms with E-state index in [-0.39, 0.29) is 33.8 Å². The zero-order valence-electron chi connectivity index (χ0n) is 28.2. The van der Waals surface area contributed by atoms with E-state index < -0.39 is 29.3 Å². The van der Waals surface area contributed by atoms with Gasteiger partial charge in [-0.2, -0.15) is 0 Å². The van der Waals surface area contributed by atoms with Crippen molar-refractivity contribution >= 4 is 23.9 Å². The average Bonchev–Trinajstić information content (AvgIpc) is 3.09. The third-order valence-corrected chi connectivity index (χ3v) is 8.89. The summed E-state index contributed by atoms with van der Waals surface area (Å²) in [6.07, 6.45) is 10.3. The molecule has 4 aromatic rings. The van der Waals surface area contributed by atoms with Gasteiger partial charge in [-0.15, -0.1) is 0 Å². The number of carboxylic acid groups (broad SMARTS) is 4. The standard InChI is InChI=1S/C40H42O10/c1-3-4-5-6-7-8-9-10-23-40(2,26-11-15-28(16-12-26)49-30-19-21-32(36(41)42)34(24-30)38(45)46)27-13-17-29(18-14-27)50-31-20-22-33(37(43)44)35(25-31)39(47)48/h11-22,24-25H,3-10,23H2,1-2H3,(H,41,42)(H,43,44)(H,45,46)(H,47,48). The molecule has 4 aromatic carbocycles. The lowest BCUT2D eigenvalue weighted by Gasteiger charge is -2.31. The first kappa shape index (κ1) is 37.2. The van der Waals surface area contributed by atoms with Gasteiger partial charge in [0.25, 0.3) is 0 Å². The minimum Gasteiger partial charge on any atom is -0.478 e. The molecule has 4 rings (SSSR count). The molecule has 0 amide bonds. The van der Waals surface area contributed by atoms with Gasteiger partial charge < -0.3 is 29.9 Å². The molecule has 4 N–H and O–H groups in total. The second-order valence-corrected chi connectivity index (χ2v) is 12.4. The molecule has 0 aliphatic carbocycles. The molecule has 0 saturated heterocycles. The summed E-state index contributed by atoms with van der Waals surface area (Å²) < 4.78 is 11.8. The Balaban J connectivity index is 1.55. The van der Waals surface area contributed by atoms with Crippen LogP contribution in [0.15, 0.2) is 84.9 Å². The molecule has 0 saturated carbocycles. The van der Waals surface area contributed by atoms with Crippen molar-refractivity contribution in [1.82, 2.24) is 0 Å². The quantitative estimate of drug-likeness (QED) is 0.0699. The van der Waals surface area contributed by atoms with E-state index in [1.54, 1.807) is 24.3 Å². The molecule has 10 heteroatoms. The predicted octanol–water partition coefficient (Wildman–Crippen LogP) is 9.90. The number of benzene rings is 4. The molecule has 0 aromatic heterocycles. The van der Waals surface area contributed by atoms with Gasteiger partial charge in [-0.3, -0.25) is 0 Å². The van der Waals surface area contributed by atoms with E-state index in [0.717, 1.165) is 36.8 Å². The SMILES string of the molecule is CCCCCCCCCCC(C)(c1ccc(Oc2ccc(C(=O)O)c(C(=O)O)c2)cc1)c1ccc(Oc2ccc(C(=O)O)c(C(=O)O)c2)cc1. The van der Waals surface area contributed by atoms with Gasteiger partial charge in [0.15, 0.2) is 0 Å². The summed E-state index contributed by atoms with van der Waals surface area (Å²) in [5.74, 6) is -4.08. The van der Waals surface area contributed by atoms with Crippen molar-refractivity contribution in [3.05, 3.63) is 118 Å². The monoisotopic (exact) mass is 682 g/mol. The minimum atomic E-state index is -1.36. The number of hydrogen-bond acceptors (Lipinski definition) is 6. The van der Waals surface area contributed by atoms with Crippen molar-refractivity contribution < 1.29 is 49.1 Å². The predicted molar refractivity (Wildman–Crippen MR) is 187 cm³/mol. The van der Waals surface area contributed by atoms with Crippen LogP contribution in [-0.2, 0) is 5.41 Å². The van der Waals surface area contributed by atoms with Crippen LogP contribution in [0.4, 0.5) is 0 Å². The highest BCUT2D eigenvalue weighted by atomic mass is 16.5. The highest BCUT2D eigenvalue weighted by Crippen LogP contribution is 2.39. The van der Waals surface area contributed by atoms with Crippen molar-refractivity contribution in [3.8, 4) is 23.0 Å². The zero-order valence-corrected chi connectivity index (χ0v) is 28.2. The fourth-order valence-electron chi connectivity index (χ4n) is 6.02. The van der Waals surface area contributed by atoms with Gasteiger partial charge in [0.2, 0.25) is 0 Å². The molecule has 262 valence electrons. The van der Waals surface area contributed by atoms with Gasteiger partial charge in [-0.05, 0) is 78.2 Å². The first-order valence-electron chi connectivity index (χ1n) is 16.7. The van der Waals surface area contributed by atoms with Gasteiger partial charge in [0.05, 0.1) is 22.3 Å². The maximum absolute atomic E-state index is 11.6. The molecule has 0 spiro atoms. The summed E-state index contributed by atoms with van der Waals surface area (Å²) >= 11 is 0. The molecule has 0 aliphatic rings. The van der Waals surface area contributed by atoms with E-state index in [9.17, 15) is 39.6 Å². The highest BCUT2D eigenvalue weighted by Gasteiger charge is 2.29. The molecule has 0 fully saturated rings. The Bertz CT molecular complexity index is 1690. The zero-order chi connectivity index (χ0) is 36.3. The molecular weight excluding hydrogens is 640 g/mol. The average molecular weight is 683 g/mol. The van der Waals surface area contributed by atoms with Crippen molar-refractivity contribution in [1.29, 1.82) is 0 Å². The van der Waals surface area contributed by atoms with Crippen molar-refractivity contribution in [2.75, 3.05) is 0 Å². The van der Waals surface area contributed by atoms with Gasteiger partial charge in [-0.1, -0.05) is 89.5 Å². The Morgan fingerprint density at radius 3 is 1.18 bits per heavy atom. The van der Waals surface area contributed by atoms with Crippen LogP contribution in [0.2, 0.25) is 0 Å². The molecular formula is C40H42O10. The Labute approximate surface area is 290 Å². The molecule has 0 aliphatic heterocycles. The fraction of sp³-hybridized carbons (Fsp3) is 0.300. The number of hydrogen-bond donors (Lipinski definition) is 4. The number of carbonyl (C=O) groups is 4. The first-order valence-corrected chi connectivity index (χ1v) is 16.7. The second kappa shape index (κ2) is 17.1.